The minimum Gasteiger partial charge on any atom is -0.323 e. The summed E-state index contributed by atoms with van der Waals surface area (Å²) in [5, 5.41) is 0. The highest BCUT2D eigenvalue weighted by Gasteiger charge is 2.16. The van der Waals surface area contributed by atoms with Gasteiger partial charge in [-0.1, -0.05) is 30.3 Å². The molecule has 0 atom stereocenters. The number of para-hydroxylation sites is 2. The number of rotatable bonds is 6. The Balaban J connectivity index is 1.41. The monoisotopic (exact) mass is 460 g/mol. The van der Waals surface area contributed by atoms with Crippen LogP contribution >= 0.6 is 0 Å². The van der Waals surface area contributed by atoms with Crippen LogP contribution in [0.2, 0.25) is 0 Å². The lowest BCUT2D eigenvalue weighted by molar-refractivity contribution is 0.0846. The minimum absolute atomic E-state index is 0.00703. The highest BCUT2D eigenvalue weighted by atomic mass is 32.2. The van der Waals surface area contributed by atoms with Crippen LogP contribution in [-0.2, 0) is 10.0 Å². The molecule has 0 saturated heterocycles. The number of hydrogen-bond donors (Lipinski definition) is 3. The zero-order valence-electron chi connectivity index (χ0n) is 17.3. The van der Waals surface area contributed by atoms with Gasteiger partial charge in [0.05, 0.1) is 16.1 Å². The summed E-state index contributed by atoms with van der Waals surface area (Å²) < 4.78 is 29.3. The van der Waals surface area contributed by atoms with Gasteiger partial charge in [-0.15, -0.1) is 0 Å². The summed E-state index contributed by atoms with van der Waals surface area (Å²) >= 11 is 0. The van der Waals surface area contributed by atoms with Crippen molar-refractivity contribution in [2.75, 3.05) is 4.72 Å². The van der Waals surface area contributed by atoms with E-state index < -0.39 is 21.8 Å². The molecule has 4 aromatic rings. The van der Waals surface area contributed by atoms with Crippen LogP contribution in [0, 0.1) is 0 Å². The molecule has 0 radical (unpaired) electrons. The van der Waals surface area contributed by atoms with Gasteiger partial charge in [0.1, 0.15) is 0 Å². The average molecular weight is 461 g/mol. The minimum atomic E-state index is -3.80. The lowest BCUT2D eigenvalue weighted by Crippen LogP contribution is -2.42. The van der Waals surface area contributed by atoms with Gasteiger partial charge in [0, 0.05) is 23.6 Å². The summed E-state index contributed by atoms with van der Waals surface area (Å²) in [4.78, 5) is 25.1. The predicted octanol–water partition coefficient (Wildman–Crippen LogP) is 3.35. The van der Waals surface area contributed by atoms with Crippen molar-refractivity contribution in [3.8, 4) is 5.69 Å². The van der Waals surface area contributed by atoms with Crippen LogP contribution in [0.5, 0.6) is 0 Å². The molecule has 0 unspecified atom stereocenters. The Kier molecular flexibility index (Phi) is 6.23. The second-order valence-corrected chi connectivity index (χ2v) is 8.69. The fourth-order valence-corrected chi connectivity index (χ4v) is 4.20. The van der Waals surface area contributed by atoms with E-state index in [4.69, 9.17) is 0 Å². The van der Waals surface area contributed by atoms with Crippen molar-refractivity contribution in [2.45, 2.75) is 4.90 Å². The first-order chi connectivity index (χ1) is 15.9. The summed E-state index contributed by atoms with van der Waals surface area (Å²) in [6.07, 6.45) is 3.62. The highest BCUT2D eigenvalue weighted by Crippen LogP contribution is 2.17. The number of carbonyl (C=O) groups is 2. The lowest BCUT2D eigenvalue weighted by atomic mass is 10.1. The molecule has 0 aliphatic heterocycles. The molecule has 2 amide bonds. The molecule has 0 fully saturated rings. The van der Waals surface area contributed by atoms with Crippen molar-refractivity contribution >= 4 is 27.5 Å². The molecule has 4 rings (SSSR count). The normalized spacial score (nSPS) is 10.9. The quantitative estimate of drug-likeness (QED) is 0.383. The van der Waals surface area contributed by atoms with Gasteiger partial charge in [0.2, 0.25) is 0 Å². The standard InChI is InChI=1S/C24H20N4O4S/c29-23(25-26-24(30)21-10-4-5-11-22(21)28-16-6-7-17-28)18-12-14-20(15-13-18)33(31,32)27-19-8-2-1-3-9-19/h1-17,27H,(H,25,29)(H,26,30). The maximum Gasteiger partial charge on any atom is 0.271 e. The third-order valence-electron chi connectivity index (χ3n) is 4.77. The number of hydrazine groups is 1. The number of benzene rings is 3. The first kappa shape index (κ1) is 21.8. The Labute approximate surface area is 190 Å². The van der Waals surface area contributed by atoms with E-state index in [0.717, 1.165) is 0 Å². The van der Waals surface area contributed by atoms with Crippen molar-refractivity contribution < 1.29 is 18.0 Å². The number of nitrogens with zero attached hydrogens (tertiary/aromatic N) is 1. The summed E-state index contributed by atoms with van der Waals surface area (Å²) in [6, 6.07) is 24.5. The van der Waals surface area contributed by atoms with E-state index in [1.54, 1.807) is 53.1 Å². The number of sulfonamides is 1. The molecule has 0 aliphatic rings. The fraction of sp³-hybridized carbons (Fsp3) is 0. The Hall–Kier alpha value is -4.37. The first-order valence-corrected chi connectivity index (χ1v) is 11.4. The second-order valence-electron chi connectivity index (χ2n) is 7.01. The third kappa shape index (κ3) is 5.10. The van der Waals surface area contributed by atoms with Crippen molar-refractivity contribution in [1.29, 1.82) is 0 Å². The first-order valence-electron chi connectivity index (χ1n) is 9.95. The molecular formula is C24H20N4O4S. The lowest BCUT2D eigenvalue weighted by Gasteiger charge is -2.12. The van der Waals surface area contributed by atoms with E-state index in [1.807, 2.05) is 30.6 Å². The molecule has 0 aliphatic carbocycles. The van der Waals surface area contributed by atoms with Crippen LogP contribution in [0.1, 0.15) is 20.7 Å². The Morgan fingerprint density at radius 2 is 1.27 bits per heavy atom. The molecule has 8 nitrogen and oxygen atoms in total. The zero-order valence-corrected chi connectivity index (χ0v) is 18.1. The SMILES string of the molecule is O=C(NNC(=O)c1ccccc1-n1cccc1)c1ccc(S(=O)(=O)Nc2ccccc2)cc1. The smallest absolute Gasteiger partial charge is 0.271 e. The van der Waals surface area contributed by atoms with Crippen LogP contribution in [0.25, 0.3) is 5.69 Å². The topological polar surface area (TPSA) is 109 Å². The van der Waals surface area contributed by atoms with Gasteiger partial charge in [0.15, 0.2) is 0 Å². The van der Waals surface area contributed by atoms with Crippen molar-refractivity contribution in [3.05, 3.63) is 115 Å². The van der Waals surface area contributed by atoms with Gasteiger partial charge < -0.3 is 4.57 Å². The van der Waals surface area contributed by atoms with E-state index in [1.165, 1.54) is 24.3 Å². The Morgan fingerprint density at radius 3 is 1.97 bits per heavy atom. The van der Waals surface area contributed by atoms with Crippen LogP contribution in [-0.4, -0.2) is 24.8 Å². The Bertz CT molecular complexity index is 1370. The number of hydrogen-bond acceptors (Lipinski definition) is 4. The van der Waals surface area contributed by atoms with Gasteiger partial charge in [-0.3, -0.25) is 25.2 Å². The average Bonchev–Trinajstić information content (AvgIpc) is 3.38. The van der Waals surface area contributed by atoms with Crippen molar-refractivity contribution in [2.24, 2.45) is 0 Å². The number of amides is 2. The molecule has 33 heavy (non-hydrogen) atoms. The zero-order chi connectivity index (χ0) is 23.3. The van der Waals surface area contributed by atoms with E-state index in [2.05, 4.69) is 15.6 Å². The molecule has 1 aromatic heterocycles. The summed E-state index contributed by atoms with van der Waals surface area (Å²) in [7, 11) is -3.80. The van der Waals surface area contributed by atoms with E-state index in [0.29, 0.717) is 16.9 Å². The van der Waals surface area contributed by atoms with E-state index in [-0.39, 0.29) is 10.5 Å². The van der Waals surface area contributed by atoms with Gasteiger partial charge in [-0.05, 0) is 60.7 Å². The van der Waals surface area contributed by atoms with E-state index >= 15 is 0 Å². The Morgan fingerprint density at radius 1 is 0.667 bits per heavy atom. The van der Waals surface area contributed by atoms with Crippen molar-refractivity contribution in [3.63, 3.8) is 0 Å². The molecule has 3 aromatic carbocycles. The predicted molar refractivity (Wildman–Crippen MR) is 124 cm³/mol. The van der Waals surface area contributed by atoms with Gasteiger partial charge in [0.25, 0.3) is 21.8 Å². The third-order valence-corrected chi connectivity index (χ3v) is 6.17. The van der Waals surface area contributed by atoms with Gasteiger partial charge >= 0.3 is 0 Å². The van der Waals surface area contributed by atoms with Gasteiger partial charge in [-0.2, -0.15) is 0 Å². The molecule has 0 saturated carbocycles. The maximum atomic E-state index is 12.6. The molecular weight excluding hydrogens is 440 g/mol. The van der Waals surface area contributed by atoms with Crippen molar-refractivity contribution in [1.82, 2.24) is 15.4 Å². The number of carbonyl (C=O) groups excluding carboxylic acids is 2. The fourth-order valence-electron chi connectivity index (χ4n) is 3.14. The molecule has 0 spiro atoms. The van der Waals surface area contributed by atoms with Gasteiger partial charge in [-0.25, -0.2) is 8.42 Å². The second kappa shape index (κ2) is 9.41. The highest BCUT2D eigenvalue weighted by molar-refractivity contribution is 7.92. The molecule has 166 valence electrons. The summed E-state index contributed by atoms with van der Waals surface area (Å²) in [6.45, 7) is 0. The largest absolute Gasteiger partial charge is 0.323 e. The summed E-state index contributed by atoms with van der Waals surface area (Å²) in [5.74, 6) is -1.07. The van der Waals surface area contributed by atoms with Crippen LogP contribution in [0.3, 0.4) is 0 Å². The number of aromatic nitrogens is 1. The van der Waals surface area contributed by atoms with Crippen LogP contribution < -0.4 is 15.6 Å². The molecule has 3 N–H and O–H groups in total. The van der Waals surface area contributed by atoms with E-state index in [9.17, 15) is 18.0 Å². The van der Waals surface area contributed by atoms with Crippen LogP contribution in [0.4, 0.5) is 5.69 Å². The summed E-state index contributed by atoms with van der Waals surface area (Å²) in [5.41, 5.74) is 6.41. The molecule has 9 heteroatoms. The maximum absolute atomic E-state index is 12.6. The molecule has 0 bridgehead atoms. The molecule has 1 heterocycles. The number of anilines is 1. The number of nitrogens with one attached hydrogen (secondary N) is 3. The van der Waals surface area contributed by atoms with Crippen LogP contribution in [0.15, 0.2) is 108 Å².